The lowest BCUT2D eigenvalue weighted by atomic mass is 9.90. The Bertz CT molecular complexity index is 2650. The maximum Gasteiger partial charge on any atom is 0.297 e. The first-order valence-electron chi connectivity index (χ1n) is 22.9. The van der Waals surface area contributed by atoms with Crippen molar-refractivity contribution < 1.29 is 42.7 Å². The molecule has 14 heteroatoms. The smallest absolute Gasteiger partial charge is 0.297 e. The Morgan fingerprint density at radius 2 is 1.14 bits per heavy atom. The predicted molar refractivity (Wildman–Crippen MR) is 259 cm³/mol. The van der Waals surface area contributed by atoms with Gasteiger partial charge in [-0.15, -0.1) is 0 Å². The number of hydrogen-bond donors (Lipinski definition) is 0. The number of nitrogens with zero attached hydrogens (tertiary/aromatic N) is 2. The molecule has 0 saturated heterocycles. The van der Waals surface area contributed by atoms with Gasteiger partial charge in [0.15, 0.2) is 0 Å². The largest absolute Gasteiger partial charge is 0.744 e. The summed E-state index contributed by atoms with van der Waals surface area (Å²) in [5.74, 6) is 0. The van der Waals surface area contributed by atoms with Crippen LogP contribution in [0.25, 0.3) is 5.57 Å². The summed E-state index contributed by atoms with van der Waals surface area (Å²) in [5, 5.41) is 0. The van der Waals surface area contributed by atoms with Crippen LogP contribution in [0.2, 0.25) is 0 Å². The summed E-state index contributed by atoms with van der Waals surface area (Å²) in [7, 11) is -12.9. The van der Waals surface area contributed by atoms with Crippen molar-refractivity contribution in [1.29, 1.82) is 0 Å². The van der Waals surface area contributed by atoms with E-state index < -0.39 is 30.4 Å². The van der Waals surface area contributed by atoms with E-state index in [1.54, 1.807) is 36.4 Å². The highest BCUT2D eigenvalue weighted by atomic mass is 32.2. The van der Waals surface area contributed by atoms with Gasteiger partial charge in [0.25, 0.3) is 20.2 Å². The first-order valence-corrected chi connectivity index (χ1v) is 27.1. The maximum atomic E-state index is 13.2. The molecule has 5 rings (SSSR count). The summed E-state index contributed by atoms with van der Waals surface area (Å²) in [6.45, 7) is 9.80. The van der Waals surface area contributed by atoms with E-state index in [1.165, 1.54) is 24.3 Å². The van der Waals surface area contributed by atoms with E-state index >= 15 is 0 Å². The van der Waals surface area contributed by atoms with E-state index in [0.717, 1.165) is 75.6 Å². The Balaban J connectivity index is 1.55. The van der Waals surface area contributed by atoms with Crippen molar-refractivity contribution in [3.8, 4) is 0 Å². The second-order valence-corrected chi connectivity index (χ2v) is 20.7. The lowest BCUT2D eigenvalue weighted by Gasteiger charge is -2.26. The van der Waals surface area contributed by atoms with E-state index in [2.05, 4.69) is 27.7 Å². The Morgan fingerprint density at radius 1 is 0.569 bits per heavy atom. The fourth-order valence-electron chi connectivity index (χ4n) is 7.58. The molecule has 65 heavy (non-hydrogen) atoms. The van der Waals surface area contributed by atoms with Crippen LogP contribution in [0.3, 0.4) is 0 Å². The van der Waals surface area contributed by atoms with Gasteiger partial charge in [-0.2, -0.15) is 21.4 Å². The number of benzene rings is 4. The third-order valence-corrected chi connectivity index (χ3v) is 14.7. The van der Waals surface area contributed by atoms with Gasteiger partial charge < -0.3 is 9.45 Å². The Hall–Kier alpha value is -4.70. The molecule has 0 radical (unpaired) electrons. The van der Waals surface area contributed by atoms with Gasteiger partial charge in [0.05, 0.1) is 23.0 Å². The number of hydrogen-bond acceptors (Lipinski definition) is 10. The van der Waals surface area contributed by atoms with E-state index in [-0.39, 0.29) is 33.5 Å². The molecule has 0 fully saturated rings. The van der Waals surface area contributed by atoms with Crippen LogP contribution in [-0.4, -0.2) is 66.4 Å². The maximum absolute atomic E-state index is 13.2. The molecular weight excluding hydrogens is 881 g/mol. The molecular formula is C51H64N2O9S3. The second kappa shape index (κ2) is 24.7. The molecule has 0 saturated carbocycles. The molecule has 1 aliphatic rings. The highest BCUT2D eigenvalue weighted by Gasteiger charge is 2.24. The lowest BCUT2D eigenvalue weighted by Crippen LogP contribution is -2.19. The second-order valence-electron chi connectivity index (χ2n) is 16.1. The zero-order valence-electron chi connectivity index (χ0n) is 38.2. The molecule has 4 aromatic rings. The van der Waals surface area contributed by atoms with Crippen LogP contribution < -0.4 is 4.90 Å². The van der Waals surface area contributed by atoms with Crippen molar-refractivity contribution in [1.82, 2.24) is 0 Å². The Morgan fingerprint density at radius 3 is 1.72 bits per heavy atom. The highest BCUT2D eigenvalue weighted by molar-refractivity contribution is 7.87. The number of allylic oxidation sites excluding steroid dienone is 5. The van der Waals surface area contributed by atoms with Gasteiger partial charge in [0, 0.05) is 54.2 Å². The summed E-state index contributed by atoms with van der Waals surface area (Å²) in [6, 6.07) is 27.2. The van der Waals surface area contributed by atoms with Crippen LogP contribution in [0.15, 0.2) is 142 Å². The van der Waals surface area contributed by atoms with Crippen LogP contribution >= 0.6 is 0 Å². The SMILES string of the molecule is CCCCCCOS(=O)(=O)c1cccc(N(CCCC)c2ccc(C(=C3C=CC(=[N+](CCCC)c4cccc(S(=O)(=O)OCCCCCC)c4)C=C3)c3ccccc3S(=O)(=O)[O-])cc2)c1. The van der Waals surface area contributed by atoms with E-state index in [9.17, 15) is 29.8 Å². The minimum Gasteiger partial charge on any atom is -0.744 e. The van der Waals surface area contributed by atoms with Crippen molar-refractivity contribution in [2.45, 2.75) is 119 Å². The molecule has 0 aromatic heterocycles. The standard InChI is InChI=1S/C51H64N2O9S3/c1-5-9-13-17-37-61-64(57,58)47-23-19-21-45(39-47)52(35-11-7-3)43-31-27-41(28-32-43)51(49-25-15-16-26-50(49)63(54,55)56)42-29-33-44(34-30-42)53(36-12-8-4)46-22-20-24-48(40-46)65(59,60)62-38-18-14-10-6-2/h15-16,19-34,39-40H,5-14,17-18,35-38H2,1-4H3. The third kappa shape index (κ3) is 14.4. The summed E-state index contributed by atoms with van der Waals surface area (Å²) in [6.07, 6.45) is 18.2. The van der Waals surface area contributed by atoms with E-state index in [0.29, 0.717) is 54.0 Å². The summed E-state index contributed by atoms with van der Waals surface area (Å²) < 4.78 is 104. The average molecular weight is 945 g/mol. The molecule has 0 unspecified atom stereocenters. The molecule has 0 spiro atoms. The number of unbranched alkanes of at least 4 members (excludes halogenated alkanes) is 8. The van der Waals surface area contributed by atoms with Crippen molar-refractivity contribution in [3.63, 3.8) is 0 Å². The number of rotatable bonds is 26. The molecule has 0 aliphatic heterocycles. The predicted octanol–water partition coefficient (Wildman–Crippen LogP) is 11.6. The zero-order chi connectivity index (χ0) is 46.9. The lowest BCUT2D eigenvalue weighted by molar-refractivity contribution is -0.439. The summed E-state index contributed by atoms with van der Waals surface area (Å²) in [5.41, 5.74) is 4.99. The molecule has 0 N–H and O–H groups in total. The Labute approximate surface area is 388 Å². The molecule has 0 heterocycles. The molecule has 11 nitrogen and oxygen atoms in total. The summed E-state index contributed by atoms with van der Waals surface area (Å²) in [4.78, 5) is 1.84. The molecule has 350 valence electrons. The first kappa shape index (κ1) is 51.3. The van der Waals surface area contributed by atoms with Gasteiger partial charge in [-0.3, -0.25) is 8.37 Å². The van der Waals surface area contributed by atoms with Crippen LogP contribution in [0.1, 0.15) is 116 Å². The molecule has 0 atom stereocenters. The van der Waals surface area contributed by atoms with Gasteiger partial charge in [0.2, 0.25) is 11.4 Å². The minimum absolute atomic E-state index is 0.0753. The van der Waals surface area contributed by atoms with Crippen molar-refractivity contribution in [2.24, 2.45) is 0 Å². The van der Waals surface area contributed by atoms with Gasteiger partial charge in [-0.05, 0) is 90.6 Å². The topological polar surface area (TPSA) is 150 Å². The zero-order valence-corrected chi connectivity index (χ0v) is 40.6. The molecule has 4 aromatic carbocycles. The monoisotopic (exact) mass is 944 g/mol. The molecule has 0 bridgehead atoms. The molecule has 0 amide bonds. The third-order valence-electron chi connectivity index (χ3n) is 11.1. The van der Waals surface area contributed by atoms with Crippen molar-refractivity contribution in [2.75, 3.05) is 31.2 Å². The van der Waals surface area contributed by atoms with Gasteiger partial charge in [-0.1, -0.05) is 122 Å². The van der Waals surface area contributed by atoms with Crippen molar-refractivity contribution in [3.05, 3.63) is 138 Å². The van der Waals surface area contributed by atoms with Crippen LogP contribution in [0, 0.1) is 0 Å². The van der Waals surface area contributed by atoms with Crippen molar-refractivity contribution >= 4 is 58.7 Å². The quantitative estimate of drug-likeness (QED) is 0.0257. The minimum atomic E-state index is -4.89. The van der Waals surface area contributed by atoms with Crippen LogP contribution in [-0.2, 0) is 38.7 Å². The van der Waals surface area contributed by atoms with Gasteiger partial charge in [-0.25, -0.2) is 8.42 Å². The summed E-state index contributed by atoms with van der Waals surface area (Å²) >= 11 is 0. The van der Waals surface area contributed by atoms with Crippen LogP contribution in [0.5, 0.6) is 0 Å². The van der Waals surface area contributed by atoms with Gasteiger partial charge in [0.1, 0.15) is 21.6 Å². The Kier molecular flexibility index (Phi) is 19.5. The number of anilines is 2. The fourth-order valence-corrected chi connectivity index (χ4v) is 10.2. The van der Waals surface area contributed by atoms with Gasteiger partial charge >= 0.3 is 0 Å². The van der Waals surface area contributed by atoms with E-state index in [1.807, 2.05) is 70.2 Å². The normalized spacial score (nSPS) is 13.1. The molecule has 1 aliphatic carbocycles. The van der Waals surface area contributed by atoms with Crippen LogP contribution in [0.4, 0.5) is 17.1 Å². The van der Waals surface area contributed by atoms with E-state index in [4.69, 9.17) is 8.37 Å². The highest BCUT2D eigenvalue weighted by Crippen LogP contribution is 2.36. The average Bonchev–Trinajstić information content (AvgIpc) is 3.30. The fraction of sp³-hybridized carbons (Fsp3) is 0.392. The first-order chi connectivity index (χ1) is 31.2.